The van der Waals surface area contributed by atoms with Crippen LogP contribution in [0.3, 0.4) is 0 Å². The molecule has 5 heteroatoms. The average molecular weight is 363 g/mol. The van der Waals surface area contributed by atoms with Gasteiger partial charge < -0.3 is 5.32 Å². The van der Waals surface area contributed by atoms with E-state index in [1.807, 2.05) is 30.3 Å². The van der Waals surface area contributed by atoms with E-state index in [0.717, 1.165) is 24.1 Å². The monoisotopic (exact) mass is 361 g/mol. The maximum atomic E-state index is 6.30. The Hall–Kier alpha value is -0.440. The summed E-state index contributed by atoms with van der Waals surface area (Å²) in [6.45, 7) is 2.88. The summed E-state index contributed by atoms with van der Waals surface area (Å²) in [5.74, 6) is 0. The molecule has 0 heterocycles. The third kappa shape index (κ3) is 4.51. The van der Waals surface area contributed by atoms with Crippen LogP contribution in [0.4, 0.5) is 0 Å². The highest BCUT2D eigenvalue weighted by Crippen LogP contribution is 2.30. The molecule has 0 saturated carbocycles. The Kier molecular flexibility index (Phi) is 6.21. The Morgan fingerprint density at radius 3 is 2.29 bits per heavy atom. The summed E-state index contributed by atoms with van der Waals surface area (Å²) < 4.78 is 0. The van der Waals surface area contributed by atoms with Crippen molar-refractivity contribution in [2.24, 2.45) is 0 Å². The van der Waals surface area contributed by atoms with E-state index in [1.54, 1.807) is 6.07 Å². The fourth-order valence-electron chi connectivity index (χ4n) is 2.22. The van der Waals surface area contributed by atoms with Gasteiger partial charge in [-0.2, -0.15) is 0 Å². The normalized spacial score (nSPS) is 12.4. The van der Waals surface area contributed by atoms with Crippen LogP contribution in [0.15, 0.2) is 36.4 Å². The lowest BCUT2D eigenvalue weighted by Crippen LogP contribution is -2.23. The second kappa shape index (κ2) is 7.71. The van der Waals surface area contributed by atoms with Crippen LogP contribution < -0.4 is 5.32 Å². The number of hydrogen-bond donors (Lipinski definition) is 1. The molecule has 1 nitrogen and oxygen atoms in total. The van der Waals surface area contributed by atoms with Crippen LogP contribution in [0, 0.1) is 0 Å². The Balaban J connectivity index is 2.30. The summed E-state index contributed by atoms with van der Waals surface area (Å²) in [6.07, 6.45) is 0.755. The highest BCUT2D eigenvalue weighted by Gasteiger charge is 2.15. The van der Waals surface area contributed by atoms with Crippen molar-refractivity contribution in [3.63, 3.8) is 0 Å². The molecule has 2 aromatic rings. The van der Waals surface area contributed by atoms with E-state index in [1.165, 1.54) is 0 Å². The standard InChI is InChI=1S/C16H15Cl4N/c1-2-21-16(12-9-11(17)4-6-13(12)18)8-10-3-5-14(19)15(20)7-10/h3-7,9,16,21H,2,8H2,1H3. The van der Waals surface area contributed by atoms with Gasteiger partial charge in [0.2, 0.25) is 0 Å². The van der Waals surface area contributed by atoms with E-state index >= 15 is 0 Å². The second-order valence-electron chi connectivity index (χ2n) is 4.73. The van der Waals surface area contributed by atoms with Gasteiger partial charge in [0.1, 0.15) is 0 Å². The molecule has 0 bridgehead atoms. The molecule has 2 aromatic carbocycles. The number of halogens is 4. The molecule has 1 unspecified atom stereocenters. The van der Waals surface area contributed by atoms with Gasteiger partial charge in [-0.3, -0.25) is 0 Å². The van der Waals surface area contributed by atoms with Crippen LogP contribution in [-0.4, -0.2) is 6.54 Å². The van der Waals surface area contributed by atoms with Gasteiger partial charge in [0.25, 0.3) is 0 Å². The highest BCUT2D eigenvalue weighted by atomic mass is 35.5. The summed E-state index contributed by atoms with van der Waals surface area (Å²) in [7, 11) is 0. The molecule has 2 rings (SSSR count). The Bertz CT molecular complexity index is 628. The first-order valence-corrected chi connectivity index (χ1v) is 8.14. The first-order valence-electron chi connectivity index (χ1n) is 6.63. The minimum absolute atomic E-state index is 0.0680. The van der Waals surface area contributed by atoms with Crippen molar-refractivity contribution in [1.29, 1.82) is 0 Å². The number of hydrogen-bond acceptors (Lipinski definition) is 1. The van der Waals surface area contributed by atoms with Crippen molar-refractivity contribution in [2.75, 3.05) is 6.54 Å². The zero-order chi connectivity index (χ0) is 15.4. The molecule has 0 aliphatic carbocycles. The van der Waals surface area contributed by atoms with Crippen molar-refractivity contribution in [3.05, 3.63) is 67.6 Å². The molecule has 1 atom stereocenters. The van der Waals surface area contributed by atoms with E-state index in [0.29, 0.717) is 20.1 Å². The largest absolute Gasteiger partial charge is 0.310 e. The van der Waals surface area contributed by atoms with Crippen LogP contribution in [-0.2, 0) is 6.42 Å². The number of rotatable bonds is 5. The topological polar surface area (TPSA) is 12.0 Å². The molecule has 0 radical (unpaired) electrons. The maximum absolute atomic E-state index is 6.30. The lowest BCUT2D eigenvalue weighted by atomic mass is 9.98. The Labute approximate surface area is 145 Å². The molecule has 0 aliphatic heterocycles. The molecule has 1 N–H and O–H groups in total. The molecule has 0 aromatic heterocycles. The third-order valence-electron chi connectivity index (χ3n) is 3.21. The molecule has 0 spiro atoms. The molecule has 0 saturated heterocycles. The predicted octanol–water partition coefficient (Wildman–Crippen LogP) is 6.19. The minimum atomic E-state index is 0.0680. The van der Waals surface area contributed by atoms with Crippen molar-refractivity contribution in [1.82, 2.24) is 5.32 Å². The molecule has 0 amide bonds. The van der Waals surface area contributed by atoms with Crippen molar-refractivity contribution in [3.8, 4) is 0 Å². The number of benzene rings is 2. The van der Waals surface area contributed by atoms with Crippen LogP contribution in [0.5, 0.6) is 0 Å². The zero-order valence-electron chi connectivity index (χ0n) is 11.5. The van der Waals surface area contributed by atoms with E-state index in [2.05, 4.69) is 12.2 Å². The quantitative estimate of drug-likeness (QED) is 0.668. The summed E-state index contributed by atoms with van der Waals surface area (Å²) in [6, 6.07) is 11.2. The lowest BCUT2D eigenvalue weighted by Gasteiger charge is -2.20. The van der Waals surface area contributed by atoms with Gasteiger partial charge >= 0.3 is 0 Å². The van der Waals surface area contributed by atoms with Crippen molar-refractivity contribution in [2.45, 2.75) is 19.4 Å². The van der Waals surface area contributed by atoms with E-state index in [-0.39, 0.29) is 6.04 Å². The van der Waals surface area contributed by atoms with Crippen molar-refractivity contribution < 1.29 is 0 Å². The number of likely N-dealkylation sites (N-methyl/N-ethyl adjacent to an activating group) is 1. The first kappa shape index (κ1) is 16.9. The van der Waals surface area contributed by atoms with Gasteiger partial charge in [-0.05, 0) is 54.4 Å². The van der Waals surface area contributed by atoms with Gasteiger partial charge in [-0.1, -0.05) is 59.4 Å². The van der Waals surface area contributed by atoms with E-state index in [9.17, 15) is 0 Å². The summed E-state index contributed by atoms with van der Waals surface area (Å²) in [5.41, 5.74) is 2.07. The number of nitrogens with one attached hydrogen (secondary N) is 1. The third-order valence-corrected chi connectivity index (χ3v) is 4.53. The van der Waals surface area contributed by atoms with Crippen LogP contribution in [0.2, 0.25) is 20.1 Å². The molecular weight excluding hydrogens is 348 g/mol. The maximum Gasteiger partial charge on any atom is 0.0595 e. The highest BCUT2D eigenvalue weighted by molar-refractivity contribution is 6.42. The molecular formula is C16H15Cl4N. The van der Waals surface area contributed by atoms with Gasteiger partial charge in [-0.25, -0.2) is 0 Å². The van der Waals surface area contributed by atoms with Crippen LogP contribution >= 0.6 is 46.4 Å². The fraction of sp³-hybridized carbons (Fsp3) is 0.250. The SMILES string of the molecule is CCNC(Cc1ccc(Cl)c(Cl)c1)c1cc(Cl)ccc1Cl. The summed E-state index contributed by atoms with van der Waals surface area (Å²) >= 11 is 24.4. The fourth-order valence-corrected chi connectivity index (χ4v) is 2.97. The van der Waals surface area contributed by atoms with Gasteiger partial charge in [0.15, 0.2) is 0 Å². The minimum Gasteiger partial charge on any atom is -0.310 e. The predicted molar refractivity (Wildman–Crippen MR) is 93.0 cm³/mol. The zero-order valence-corrected chi connectivity index (χ0v) is 14.5. The smallest absolute Gasteiger partial charge is 0.0595 e. The van der Waals surface area contributed by atoms with Gasteiger partial charge in [-0.15, -0.1) is 0 Å². The average Bonchev–Trinajstić information content (AvgIpc) is 2.45. The van der Waals surface area contributed by atoms with Crippen LogP contribution in [0.25, 0.3) is 0 Å². The summed E-state index contributed by atoms with van der Waals surface area (Å²) in [4.78, 5) is 0. The van der Waals surface area contributed by atoms with Crippen LogP contribution in [0.1, 0.15) is 24.1 Å². The van der Waals surface area contributed by atoms with Crippen molar-refractivity contribution >= 4 is 46.4 Å². The summed E-state index contributed by atoms with van der Waals surface area (Å²) in [5, 5.41) is 5.92. The molecule has 112 valence electrons. The molecule has 21 heavy (non-hydrogen) atoms. The molecule has 0 fully saturated rings. The van der Waals surface area contributed by atoms with Gasteiger partial charge in [0.05, 0.1) is 10.0 Å². The van der Waals surface area contributed by atoms with Gasteiger partial charge in [0, 0.05) is 16.1 Å². The van der Waals surface area contributed by atoms with E-state index in [4.69, 9.17) is 46.4 Å². The molecule has 0 aliphatic rings. The first-order chi connectivity index (χ1) is 10.0. The Morgan fingerprint density at radius 2 is 1.62 bits per heavy atom. The lowest BCUT2D eigenvalue weighted by molar-refractivity contribution is 0.550. The Morgan fingerprint density at radius 1 is 0.905 bits per heavy atom. The second-order valence-corrected chi connectivity index (χ2v) is 6.39. The van der Waals surface area contributed by atoms with E-state index < -0.39 is 0 Å².